The fourth-order valence-corrected chi connectivity index (χ4v) is 2.31. The van der Waals surface area contributed by atoms with Gasteiger partial charge >= 0.3 is 0 Å². The van der Waals surface area contributed by atoms with E-state index in [0.29, 0.717) is 6.42 Å². The Kier molecular flexibility index (Phi) is 4.60. The summed E-state index contributed by atoms with van der Waals surface area (Å²) < 4.78 is 14.6. The molecule has 3 nitrogen and oxygen atoms in total. The number of phenols is 1. The van der Waals surface area contributed by atoms with Gasteiger partial charge in [0.2, 0.25) is 0 Å². The first-order valence-electron chi connectivity index (χ1n) is 6.53. The van der Waals surface area contributed by atoms with E-state index in [1.165, 1.54) is 36.4 Å². The van der Waals surface area contributed by atoms with E-state index in [2.05, 4.69) is 0 Å². The van der Waals surface area contributed by atoms with Gasteiger partial charge in [0.15, 0.2) is 5.78 Å². The number of phenolic OH excluding ortho intramolecular Hbond substituents is 1. The number of nitrogens with two attached hydrogens (primary N) is 1. The van der Waals surface area contributed by atoms with Crippen molar-refractivity contribution in [1.82, 2.24) is 0 Å². The fourth-order valence-electron chi connectivity index (χ4n) is 2.07. The van der Waals surface area contributed by atoms with Crippen molar-refractivity contribution < 1.29 is 14.3 Å². The lowest BCUT2D eigenvalue weighted by molar-refractivity contribution is 0.103. The van der Waals surface area contributed by atoms with E-state index in [0.717, 1.165) is 0 Å². The van der Waals surface area contributed by atoms with Crippen LogP contribution in [0.4, 0.5) is 4.39 Å². The molecule has 0 aliphatic carbocycles. The van der Waals surface area contributed by atoms with E-state index in [1.54, 1.807) is 0 Å². The molecular weight excluding hydrogens is 293 g/mol. The van der Waals surface area contributed by atoms with Gasteiger partial charge in [-0.2, -0.15) is 0 Å². The van der Waals surface area contributed by atoms with Gasteiger partial charge in [-0.15, -0.1) is 0 Å². The molecule has 0 aliphatic heterocycles. The van der Waals surface area contributed by atoms with Gasteiger partial charge in [0.05, 0.1) is 10.6 Å². The Hall–Kier alpha value is -1.91. The van der Waals surface area contributed by atoms with E-state index in [-0.39, 0.29) is 27.5 Å². The van der Waals surface area contributed by atoms with Gasteiger partial charge in [-0.25, -0.2) is 4.39 Å². The van der Waals surface area contributed by atoms with Gasteiger partial charge in [-0.05, 0) is 24.6 Å². The van der Waals surface area contributed by atoms with Crippen LogP contribution in [0.15, 0.2) is 36.4 Å². The molecule has 0 bridgehead atoms. The fraction of sp³-hybridized carbons (Fsp3) is 0.188. The summed E-state index contributed by atoms with van der Waals surface area (Å²) in [6.45, 7) is 1.83. The Morgan fingerprint density at radius 3 is 2.71 bits per heavy atom. The second-order valence-electron chi connectivity index (χ2n) is 4.72. The van der Waals surface area contributed by atoms with E-state index in [4.69, 9.17) is 17.3 Å². The third-order valence-corrected chi connectivity index (χ3v) is 3.61. The quantitative estimate of drug-likeness (QED) is 0.844. The van der Waals surface area contributed by atoms with Crippen LogP contribution in [0.25, 0.3) is 0 Å². The second kappa shape index (κ2) is 6.24. The summed E-state index contributed by atoms with van der Waals surface area (Å²) in [6.07, 6.45) is 0.540. The van der Waals surface area contributed by atoms with Gasteiger partial charge in [-0.3, -0.25) is 4.79 Å². The number of aromatic hydroxyl groups is 1. The Morgan fingerprint density at radius 2 is 2.10 bits per heavy atom. The maximum atomic E-state index is 14.6. The van der Waals surface area contributed by atoms with E-state index in [9.17, 15) is 14.3 Å². The summed E-state index contributed by atoms with van der Waals surface area (Å²) in [5.74, 6) is -1.36. The van der Waals surface area contributed by atoms with E-state index < -0.39 is 17.6 Å². The van der Waals surface area contributed by atoms with Crippen molar-refractivity contribution in [3.8, 4) is 5.75 Å². The summed E-state index contributed by atoms with van der Waals surface area (Å²) in [6, 6.07) is 8.15. The van der Waals surface area contributed by atoms with Crippen LogP contribution < -0.4 is 5.73 Å². The number of hydrogen-bond acceptors (Lipinski definition) is 3. The van der Waals surface area contributed by atoms with Crippen molar-refractivity contribution in [3.63, 3.8) is 0 Å². The number of carbonyl (C=O) groups excluding carboxylic acids is 1. The number of carbonyl (C=O) groups is 1. The number of benzene rings is 2. The topological polar surface area (TPSA) is 63.3 Å². The molecule has 0 fully saturated rings. The lowest BCUT2D eigenvalue weighted by Crippen LogP contribution is -2.14. The van der Waals surface area contributed by atoms with Gasteiger partial charge < -0.3 is 10.8 Å². The lowest BCUT2D eigenvalue weighted by atomic mass is 9.96. The standard InChI is InChI=1S/C16H15ClFNO2/c1-2-13(19)11-6-7-12(17)14(15(11)18)16(21)9-4-3-5-10(20)8-9/h3-8,13,20H,2,19H2,1H3/t13-/m1/s1. The molecule has 2 aromatic rings. The van der Waals surface area contributed by atoms with Crippen molar-refractivity contribution >= 4 is 17.4 Å². The van der Waals surface area contributed by atoms with Gasteiger partial charge in [0.25, 0.3) is 0 Å². The minimum Gasteiger partial charge on any atom is -0.508 e. The zero-order chi connectivity index (χ0) is 15.6. The van der Waals surface area contributed by atoms with Crippen LogP contribution in [-0.4, -0.2) is 10.9 Å². The molecule has 0 aromatic heterocycles. The monoisotopic (exact) mass is 307 g/mol. The van der Waals surface area contributed by atoms with Gasteiger partial charge in [-0.1, -0.05) is 36.7 Å². The number of hydrogen-bond donors (Lipinski definition) is 2. The Labute approximate surface area is 127 Å². The van der Waals surface area contributed by atoms with Crippen molar-refractivity contribution in [2.75, 3.05) is 0 Å². The molecular formula is C16H15ClFNO2. The highest BCUT2D eigenvalue weighted by atomic mass is 35.5. The molecule has 0 amide bonds. The maximum absolute atomic E-state index is 14.6. The molecule has 1 atom stereocenters. The maximum Gasteiger partial charge on any atom is 0.197 e. The van der Waals surface area contributed by atoms with Crippen LogP contribution >= 0.6 is 11.6 Å². The molecule has 110 valence electrons. The minimum atomic E-state index is -0.704. The van der Waals surface area contributed by atoms with Crippen LogP contribution in [-0.2, 0) is 0 Å². The average Bonchev–Trinajstić information content (AvgIpc) is 2.46. The molecule has 0 unspecified atom stereocenters. The summed E-state index contributed by atoms with van der Waals surface area (Å²) in [7, 11) is 0. The summed E-state index contributed by atoms with van der Waals surface area (Å²) in [4.78, 5) is 12.4. The van der Waals surface area contributed by atoms with Crippen LogP contribution in [0.5, 0.6) is 5.75 Å². The Morgan fingerprint density at radius 1 is 1.38 bits per heavy atom. The average molecular weight is 308 g/mol. The van der Waals surface area contributed by atoms with Gasteiger partial charge in [0, 0.05) is 17.2 Å². The third kappa shape index (κ3) is 3.06. The van der Waals surface area contributed by atoms with Crippen LogP contribution in [0.2, 0.25) is 5.02 Å². The normalized spacial score (nSPS) is 12.2. The largest absolute Gasteiger partial charge is 0.508 e. The number of halogens is 2. The van der Waals surface area contributed by atoms with Gasteiger partial charge in [0.1, 0.15) is 11.6 Å². The highest BCUT2D eigenvalue weighted by molar-refractivity contribution is 6.35. The van der Waals surface area contributed by atoms with Crippen LogP contribution in [0, 0.1) is 5.82 Å². The molecule has 2 rings (SSSR count). The van der Waals surface area contributed by atoms with E-state index >= 15 is 0 Å². The zero-order valence-corrected chi connectivity index (χ0v) is 12.2. The zero-order valence-electron chi connectivity index (χ0n) is 11.4. The molecule has 0 heterocycles. The predicted octanol–water partition coefficient (Wildman–Crippen LogP) is 3.83. The lowest BCUT2D eigenvalue weighted by Gasteiger charge is -2.14. The SMILES string of the molecule is CC[C@@H](N)c1ccc(Cl)c(C(=O)c2cccc(O)c2)c1F. The molecule has 0 aliphatic rings. The Balaban J connectivity index is 2.55. The first-order valence-corrected chi connectivity index (χ1v) is 6.90. The van der Waals surface area contributed by atoms with Crippen molar-refractivity contribution in [1.29, 1.82) is 0 Å². The smallest absolute Gasteiger partial charge is 0.197 e. The first kappa shape index (κ1) is 15.5. The first-order chi connectivity index (χ1) is 9.95. The molecule has 0 saturated heterocycles. The molecule has 0 saturated carbocycles. The van der Waals surface area contributed by atoms with Crippen molar-refractivity contribution in [2.45, 2.75) is 19.4 Å². The van der Waals surface area contributed by atoms with Crippen LogP contribution in [0.3, 0.4) is 0 Å². The summed E-state index contributed by atoms with van der Waals surface area (Å²) in [5.41, 5.74) is 6.04. The number of rotatable bonds is 4. The van der Waals surface area contributed by atoms with Crippen molar-refractivity contribution in [2.24, 2.45) is 5.73 Å². The molecule has 0 spiro atoms. The highest BCUT2D eigenvalue weighted by Crippen LogP contribution is 2.29. The van der Waals surface area contributed by atoms with E-state index in [1.807, 2.05) is 6.92 Å². The third-order valence-electron chi connectivity index (χ3n) is 3.30. The Bertz CT molecular complexity index is 688. The predicted molar refractivity (Wildman–Crippen MR) is 80.2 cm³/mol. The second-order valence-corrected chi connectivity index (χ2v) is 5.13. The molecule has 21 heavy (non-hydrogen) atoms. The summed E-state index contributed by atoms with van der Waals surface area (Å²) >= 11 is 5.97. The van der Waals surface area contributed by atoms with Crippen molar-refractivity contribution in [3.05, 3.63) is 63.9 Å². The van der Waals surface area contributed by atoms with Crippen LogP contribution in [0.1, 0.15) is 40.9 Å². The molecule has 0 radical (unpaired) electrons. The summed E-state index contributed by atoms with van der Waals surface area (Å²) in [5, 5.41) is 9.45. The molecule has 5 heteroatoms. The minimum absolute atomic E-state index is 0.0212. The molecule has 3 N–H and O–H groups in total. The number of ketones is 1. The highest BCUT2D eigenvalue weighted by Gasteiger charge is 2.22. The molecule has 2 aromatic carbocycles.